The number of aliphatic hydroxyl groups is 2. The van der Waals surface area contributed by atoms with Crippen LogP contribution in [-0.4, -0.2) is 51.0 Å². The van der Waals surface area contributed by atoms with E-state index in [0.717, 1.165) is 5.57 Å². The second-order valence-corrected chi connectivity index (χ2v) is 9.03. The van der Waals surface area contributed by atoms with Crippen LogP contribution in [0.4, 0.5) is 0 Å². The van der Waals surface area contributed by atoms with Crippen molar-refractivity contribution < 1.29 is 29.3 Å². The molecule has 0 aromatic rings. The number of rotatable bonds is 1. The summed E-state index contributed by atoms with van der Waals surface area (Å²) in [7, 11) is 0. The van der Waals surface area contributed by atoms with Gasteiger partial charge in [0.15, 0.2) is 0 Å². The van der Waals surface area contributed by atoms with Crippen molar-refractivity contribution in [3.05, 3.63) is 12.2 Å². The first-order valence-electron chi connectivity index (χ1n) is 9.08. The van der Waals surface area contributed by atoms with Crippen LogP contribution < -0.4 is 0 Å². The summed E-state index contributed by atoms with van der Waals surface area (Å²) < 4.78 is 11.9. The number of hydrogen-bond donors (Lipinski definition) is 2. The van der Waals surface area contributed by atoms with Gasteiger partial charge in [-0.25, -0.2) is 0 Å². The number of Topliss-reactive ketones (excluding diaryl/α,β-unsaturated/α-hetero) is 1. The lowest BCUT2D eigenvalue weighted by Crippen LogP contribution is -2.67. The van der Waals surface area contributed by atoms with Crippen LogP contribution in [-0.2, 0) is 19.1 Å². The quantitative estimate of drug-likeness (QED) is 0.314. The Kier molecular flexibility index (Phi) is 2.57. The summed E-state index contributed by atoms with van der Waals surface area (Å²) in [6, 6.07) is 0. The molecule has 0 aromatic heterocycles. The Balaban J connectivity index is 1.78. The molecular formula is C19H24O6. The van der Waals surface area contributed by atoms with Gasteiger partial charge in [0.1, 0.15) is 34.1 Å². The molecule has 3 saturated carbocycles. The third-order valence-corrected chi connectivity index (χ3v) is 8.09. The lowest BCUT2D eigenvalue weighted by Gasteiger charge is -2.52. The Labute approximate surface area is 146 Å². The maximum absolute atomic E-state index is 12.9. The predicted molar refractivity (Wildman–Crippen MR) is 85.3 cm³/mol. The summed E-state index contributed by atoms with van der Waals surface area (Å²) in [5.41, 5.74) is -3.48. The average molecular weight is 348 g/mol. The SMILES string of the molecule is C=C1CC[C@@]2(C(C)=O)C(=O)O[C@]3(C)[C@H]2[C@@H]1[C@@]12O[C@@]1(C[C@@H](C)[C@H]2O)[C@H]3O. The second kappa shape index (κ2) is 4.02. The molecule has 25 heavy (non-hydrogen) atoms. The summed E-state index contributed by atoms with van der Waals surface area (Å²) in [4.78, 5) is 25.5. The number of esters is 1. The number of ketones is 1. The predicted octanol–water partition coefficient (Wildman–Crippen LogP) is 0.743. The Morgan fingerprint density at radius 3 is 2.68 bits per heavy atom. The van der Waals surface area contributed by atoms with Gasteiger partial charge >= 0.3 is 5.97 Å². The van der Waals surface area contributed by atoms with Crippen LogP contribution in [0.2, 0.25) is 0 Å². The van der Waals surface area contributed by atoms with E-state index in [4.69, 9.17) is 9.47 Å². The van der Waals surface area contributed by atoms with Crippen molar-refractivity contribution in [3.63, 3.8) is 0 Å². The third-order valence-electron chi connectivity index (χ3n) is 8.09. The van der Waals surface area contributed by atoms with Gasteiger partial charge < -0.3 is 19.7 Å². The summed E-state index contributed by atoms with van der Waals surface area (Å²) >= 11 is 0. The Morgan fingerprint density at radius 1 is 1.36 bits per heavy atom. The van der Waals surface area contributed by atoms with Crippen LogP contribution in [0.3, 0.4) is 0 Å². The van der Waals surface area contributed by atoms with Gasteiger partial charge in [-0.1, -0.05) is 19.1 Å². The minimum atomic E-state index is -1.28. The van der Waals surface area contributed by atoms with Gasteiger partial charge in [-0.3, -0.25) is 9.59 Å². The van der Waals surface area contributed by atoms with Crippen molar-refractivity contribution in [2.75, 3.05) is 0 Å². The van der Waals surface area contributed by atoms with Crippen LogP contribution in [0.1, 0.15) is 40.0 Å². The molecular weight excluding hydrogens is 324 g/mol. The lowest BCUT2D eigenvalue weighted by molar-refractivity contribution is -0.171. The fourth-order valence-electron chi connectivity index (χ4n) is 7.06. The van der Waals surface area contributed by atoms with Crippen molar-refractivity contribution in [1.29, 1.82) is 0 Å². The first-order chi connectivity index (χ1) is 11.6. The van der Waals surface area contributed by atoms with E-state index in [-0.39, 0.29) is 17.6 Å². The summed E-state index contributed by atoms with van der Waals surface area (Å²) in [5.74, 6) is -1.75. The number of ether oxygens (including phenoxy) is 2. The van der Waals surface area contributed by atoms with E-state index >= 15 is 0 Å². The third kappa shape index (κ3) is 1.27. The molecule has 5 fully saturated rings. The van der Waals surface area contributed by atoms with Crippen molar-refractivity contribution >= 4 is 11.8 Å². The molecule has 0 radical (unpaired) electrons. The Morgan fingerprint density at radius 2 is 2.04 bits per heavy atom. The fourth-order valence-corrected chi connectivity index (χ4v) is 7.06. The van der Waals surface area contributed by atoms with Gasteiger partial charge in [0.2, 0.25) is 0 Å². The molecule has 0 aromatic carbocycles. The van der Waals surface area contributed by atoms with E-state index in [9.17, 15) is 19.8 Å². The topological polar surface area (TPSA) is 96.4 Å². The molecule has 2 heterocycles. The van der Waals surface area contributed by atoms with E-state index < -0.39 is 46.3 Å². The van der Waals surface area contributed by atoms with Gasteiger partial charge in [0.05, 0.1) is 6.10 Å². The standard InChI is InChI=1S/C19H24O6/c1-8-5-6-17(10(3)20)12-11(8)19-13(21)9(2)7-18(19,25-19)14(22)16(12,4)24-15(17)23/h9,11-14,21-22H,1,5-7H2,2-4H3/t9-,11-,12-,13-,14+,16-,17+,18+,19+/m1/s1. The van der Waals surface area contributed by atoms with Gasteiger partial charge in [0, 0.05) is 11.8 Å². The second-order valence-electron chi connectivity index (χ2n) is 9.03. The number of carbonyl (C=O) groups excluding carboxylic acids is 2. The molecule has 5 rings (SSSR count). The Hall–Kier alpha value is -1.24. The smallest absolute Gasteiger partial charge is 0.320 e. The van der Waals surface area contributed by atoms with Crippen LogP contribution in [0.25, 0.3) is 0 Å². The molecule has 9 atom stereocenters. The zero-order valence-corrected chi connectivity index (χ0v) is 14.7. The molecule has 6 nitrogen and oxygen atoms in total. The van der Waals surface area contributed by atoms with Crippen LogP contribution in [0.5, 0.6) is 0 Å². The molecule has 136 valence electrons. The molecule has 0 bridgehead atoms. The minimum Gasteiger partial charge on any atom is -0.455 e. The first kappa shape index (κ1) is 16.0. The van der Waals surface area contributed by atoms with Gasteiger partial charge in [-0.15, -0.1) is 0 Å². The lowest BCUT2D eigenvalue weighted by atomic mass is 9.47. The largest absolute Gasteiger partial charge is 0.455 e. The molecule has 0 unspecified atom stereocenters. The first-order valence-corrected chi connectivity index (χ1v) is 9.08. The van der Waals surface area contributed by atoms with E-state index in [1.165, 1.54) is 6.92 Å². The number of hydrogen-bond acceptors (Lipinski definition) is 6. The number of epoxide rings is 1. The normalized spacial score (nSPS) is 61.2. The molecule has 2 saturated heterocycles. The van der Waals surface area contributed by atoms with E-state index in [1.807, 2.05) is 6.92 Å². The summed E-state index contributed by atoms with van der Waals surface area (Å²) in [6.45, 7) is 9.28. The van der Waals surface area contributed by atoms with Gasteiger partial charge in [0.25, 0.3) is 0 Å². The maximum atomic E-state index is 12.9. The zero-order chi connectivity index (χ0) is 18.2. The highest BCUT2D eigenvalue weighted by molar-refractivity contribution is 6.05. The average Bonchev–Trinajstić information content (AvgIpc) is 3.07. The highest BCUT2D eigenvalue weighted by Crippen LogP contribution is 2.78. The van der Waals surface area contributed by atoms with E-state index in [2.05, 4.69) is 6.58 Å². The minimum absolute atomic E-state index is 0.0389. The summed E-state index contributed by atoms with van der Waals surface area (Å²) in [6.07, 6.45) is -0.460. The van der Waals surface area contributed by atoms with Crippen LogP contribution in [0.15, 0.2) is 12.2 Å². The molecule has 3 aliphatic carbocycles. The van der Waals surface area contributed by atoms with E-state index in [0.29, 0.717) is 19.3 Å². The van der Waals surface area contributed by atoms with Gasteiger partial charge in [-0.2, -0.15) is 0 Å². The summed E-state index contributed by atoms with van der Waals surface area (Å²) in [5, 5.41) is 22.2. The zero-order valence-electron chi connectivity index (χ0n) is 14.7. The molecule has 2 N–H and O–H groups in total. The molecule has 0 amide bonds. The fraction of sp³-hybridized carbons (Fsp3) is 0.789. The highest BCUT2D eigenvalue weighted by Gasteiger charge is 2.93. The van der Waals surface area contributed by atoms with Crippen molar-refractivity contribution in [2.24, 2.45) is 23.2 Å². The molecule has 2 aliphatic heterocycles. The van der Waals surface area contributed by atoms with Crippen molar-refractivity contribution in [3.8, 4) is 0 Å². The molecule has 0 spiro atoms. The van der Waals surface area contributed by atoms with Gasteiger partial charge in [-0.05, 0) is 39.0 Å². The molecule has 5 aliphatic rings. The van der Waals surface area contributed by atoms with E-state index in [1.54, 1.807) is 6.92 Å². The maximum Gasteiger partial charge on any atom is 0.320 e. The molecule has 6 heteroatoms. The Bertz CT molecular complexity index is 746. The van der Waals surface area contributed by atoms with Crippen molar-refractivity contribution in [1.82, 2.24) is 0 Å². The van der Waals surface area contributed by atoms with Crippen molar-refractivity contribution in [2.45, 2.75) is 69.0 Å². The van der Waals surface area contributed by atoms with Crippen LogP contribution >= 0.6 is 0 Å². The highest BCUT2D eigenvalue weighted by atomic mass is 16.7. The van der Waals surface area contributed by atoms with Crippen LogP contribution in [0, 0.1) is 23.2 Å². The number of carbonyl (C=O) groups is 2. The number of aliphatic hydroxyl groups excluding tert-OH is 2. The monoisotopic (exact) mass is 348 g/mol.